The van der Waals surface area contributed by atoms with Crippen LogP contribution in [0.4, 0.5) is 0 Å². The molecule has 0 aliphatic rings. The van der Waals surface area contributed by atoms with Crippen molar-refractivity contribution < 1.29 is 0 Å². The molecule has 1 aromatic carbocycles. The Hall–Kier alpha value is 0.0900. The van der Waals surface area contributed by atoms with E-state index in [0.29, 0.717) is 0 Å². The molecule has 0 aromatic heterocycles. The summed E-state index contributed by atoms with van der Waals surface area (Å²) in [6, 6.07) is 10.5. The third-order valence-electron chi connectivity index (χ3n) is 4.23. The molecule has 1 rings (SSSR count). The number of rotatable bonds is 11. The summed E-state index contributed by atoms with van der Waals surface area (Å²) >= 11 is 18.5. The minimum Gasteiger partial charge on any atom is -0.0834 e. The summed E-state index contributed by atoms with van der Waals surface area (Å²) in [5.41, 5.74) is 1.37. The summed E-state index contributed by atoms with van der Waals surface area (Å²) in [6.07, 6.45) is 11.9. The predicted molar refractivity (Wildman–Crippen MR) is 101 cm³/mol. The van der Waals surface area contributed by atoms with E-state index in [0.717, 1.165) is 25.7 Å². The van der Waals surface area contributed by atoms with Crippen molar-refractivity contribution in [1.82, 2.24) is 0 Å². The molecule has 1 unspecified atom stereocenters. The molecular formula is C19H29Cl3. The van der Waals surface area contributed by atoms with Crippen molar-refractivity contribution in [2.75, 3.05) is 0 Å². The van der Waals surface area contributed by atoms with Crippen LogP contribution >= 0.6 is 34.8 Å². The lowest BCUT2D eigenvalue weighted by Crippen LogP contribution is -2.19. The maximum atomic E-state index is 6.17. The van der Waals surface area contributed by atoms with Crippen LogP contribution in [-0.4, -0.2) is 3.79 Å². The number of aryl methyl sites for hydroxylation is 1. The fourth-order valence-electron chi connectivity index (χ4n) is 2.84. The third-order valence-corrected chi connectivity index (χ3v) is 5.16. The second-order valence-corrected chi connectivity index (χ2v) is 8.54. The fraction of sp³-hybridized carbons (Fsp3) is 0.684. The fourth-order valence-corrected chi connectivity index (χ4v) is 3.49. The average Bonchev–Trinajstić information content (AvgIpc) is 2.49. The highest BCUT2D eigenvalue weighted by atomic mass is 35.6. The first-order valence-corrected chi connectivity index (χ1v) is 9.78. The van der Waals surface area contributed by atoms with E-state index in [9.17, 15) is 0 Å². The van der Waals surface area contributed by atoms with Gasteiger partial charge in [0.1, 0.15) is 0 Å². The second kappa shape index (κ2) is 11.6. The number of alkyl halides is 3. The van der Waals surface area contributed by atoms with Gasteiger partial charge in [-0.25, -0.2) is 0 Å². The van der Waals surface area contributed by atoms with Gasteiger partial charge >= 0.3 is 0 Å². The Morgan fingerprint density at radius 3 is 2.05 bits per heavy atom. The Kier molecular flexibility index (Phi) is 10.6. The van der Waals surface area contributed by atoms with Crippen LogP contribution in [0.5, 0.6) is 0 Å². The highest BCUT2D eigenvalue weighted by Gasteiger charge is 2.31. The Bertz CT molecular complexity index is 370. The molecule has 126 valence electrons. The largest absolute Gasteiger partial charge is 0.193 e. The molecule has 0 amide bonds. The van der Waals surface area contributed by atoms with Crippen molar-refractivity contribution >= 4 is 34.8 Å². The highest BCUT2D eigenvalue weighted by Crippen LogP contribution is 2.40. The minimum atomic E-state index is -1.12. The standard InChI is InChI=1S/C19H29Cl3/c1-2-3-4-5-6-10-15-18(19(20,21)22)16-11-14-17-12-8-7-9-13-17/h7-9,12-13,18H,2-6,10-11,14-16H2,1H3. The number of benzene rings is 1. The third kappa shape index (κ3) is 9.28. The second-order valence-electron chi connectivity index (χ2n) is 6.17. The zero-order chi connectivity index (χ0) is 16.3. The van der Waals surface area contributed by atoms with Crippen molar-refractivity contribution in [3.8, 4) is 0 Å². The van der Waals surface area contributed by atoms with Gasteiger partial charge in [0.25, 0.3) is 0 Å². The van der Waals surface area contributed by atoms with Gasteiger partial charge < -0.3 is 0 Å². The number of hydrogen-bond donors (Lipinski definition) is 0. The van der Waals surface area contributed by atoms with E-state index in [1.54, 1.807) is 0 Å². The van der Waals surface area contributed by atoms with E-state index >= 15 is 0 Å². The minimum absolute atomic E-state index is 0.174. The van der Waals surface area contributed by atoms with Gasteiger partial charge in [0.05, 0.1) is 0 Å². The van der Waals surface area contributed by atoms with E-state index < -0.39 is 3.79 Å². The first-order chi connectivity index (χ1) is 10.5. The van der Waals surface area contributed by atoms with Gasteiger partial charge in [-0.05, 0) is 31.2 Å². The van der Waals surface area contributed by atoms with Gasteiger partial charge in [0.2, 0.25) is 0 Å². The van der Waals surface area contributed by atoms with Crippen molar-refractivity contribution in [2.45, 2.75) is 74.9 Å². The van der Waals surface area contributed by atoms with Gasteiger partial charge in [-0.15, -0.1) is 0 Å². The van der Waals surface area contributed by atoms with E-state index in [2.05, 4.69) is 31.2 Å². The predicted octanol–water partition coefficient (Wildman–Crippen LogP) is 7.75. The molecule has 3 heteroatoms. The summed E-state index contributed by atoms with van der Waals surface area (Å²) < 4.78 is -1.12. The van der Waals surface area contributed by atoms with E-state index in [-0.39, 0.29) is 5.92 Å². The van der Waals surface area contributed by atoms with Crippen LogP contribution in [0.15, 0.2) is 30.3 Å². The van der Waals surface area contributed by atoms with Crippen molar-refractivity contribution in [2.24, 2.45) is 5.92 Å². The van der Waals surface area contributed by atoms with Crippen molar-refractivity contribution in [3.63, 3.8) is 0 Å². The van der Waals surface area contributed by atoms with Gasteiger partial charge in [-0.1, -0.05) is 111 Å². The Balaban J connectivity index is 2.26. The van der Waals surface area contributed by atoms with E-state index in [1.165, 1.54) is 44.1 Å². The quantitative estimate of drug-likeness (QED) is 0.278. The van der Waals surface area contributed by atoms with Gasteiger partial charge in [-0.3, -0.25) is 0 Å². The topological polar surface area (TPSA) is 0 Å². The normalized spacial score (nSPS) is 13.3. The van der Waals surface area contributed by atoms with Gasteiger partial charge in [0, 0.05) is 5.92 Å². The molecule has 0 nitrogen and oxygen atoms in total. The van der Waals surface area contributed by atoms with Crippen molar-refractivity contribution in [3.05, 3.63) is 35.9 Å². The van der Waals surface area contributed by atoms with Crippen LogP contribution in [-0.2, 0) is 6.42 Å². The molecule has 0 heterocycles. The summed E-state index contributed by atoms with van der Waals surface area (Å²) in [5, 5.41) is 0. The number of unbranched alkanes of at least 4 members (excludes halogenated alkanes) is 5. The maximum Gasteiger partial charge on any atom is 0.193 e. The molecule has 0 saturated carbocycles. The van der Waals surface area contributed by atoms with Crippen LogP contribution in [0.25, 0.3) is 0 Å². The monoisotopic (exact) mass is 362 g/mol. The Morgan fingerprint density at radius 2 is 1.41 bits per heavy atom. The molecule has 0 aliphatic carbocycles. The Morgan fingerprint density at radius 1 is 0.818 bits per heavy atom. The zero-order valence-electron chi connectivity index (χ0n) is 13.7. The lowest BCUT2D eigenvalue weighted by Gasteiger charge is -2.24. The lowest BCUT2D eigenvalue weighted by molar-refractivity contribution is 0.418. The van der Waals surface area contributed by atoms with Crippen LogP contribution in [0, 0.1) is 5.92 Å². The highest BCUT2D eigenvalue weighted by molar-refractivity contribution is 6.67. The van der Waals surface area contributed by atoms with Crippen LogP contribution in [0.3, 0.4) is 0 Å². The molecule has 0 radical (unpaired) electrons. The van der Waals surface area contributed by atoms with Gasteiger partial charge in [0.15, 0.2) is 3.79 Å². The lowest BCUT2D eigenvalue weighted by atomic mass is 9.95. The van der Waals surface area contributed by atoms with E-state index in [1.807, 2.05) is 6.07 Å². The van der Waals surface area contributed by atoms with E-state index in [4.69, 9.17) is 34.8 Å². The summed E-state index contributed by atoms with van der Waals surface area (Å²) in [6.45, 7) is 2.24. The molecule has 0 saturated heterocycles. The molecule has 0 N–H and O–H groups in total. The molecule has 0 fully saturated rings. The molecule has 0 aliphatic heterocycles. The van der Waals surface area contributed by atoms with Crippen LogP contribution in [0.2, 0.25) is 0 Å². The van der Waals surface area contributed by atoms with Crippen LogP contribution < -0.4 is 0 Å². The number of halogens is 3. The maximum absolute atomic E-state index is 6.17. The first kappa shape index (κ1) is 20.1. The average molecular weight is 364 g/mol. The smallest absolute Gasteiger partial charge is 0.0834 e. The molecule has 0 bridgehead atoms. The molecule has 1 atom stereocenters. The molecule has 22 heavy (non-hydrogen) atoms. The summed E-state index contributed by atoms with van der Waals surface area (Å²) in [5.74, 6) is 0.174. The number of hydrogen-bond acceptors (Lipinski definition) is 0. The summed E-state index contributed by atoms with van der Waals surface area (Å²) in [4.78, 5) is 0. The molecule has 1 aromatic rings. The molecular weight excluding hydrogens is 335 g/mol. The molecule has 0 spiro atoms. The zero-order valence-corrected chi connectivity index (χ0v) is 15.9. The van der Waals surface area contributed by atoms with Crippen LogP contribution in [0.1, 0.15) is 70.3 Å². The summed E-state index contributed by atoms with van der Waals surface area (Å²) in [7, 11) is 0. The van der Waals surface area contributed by atoms with Gasteiger partial charge in [-0.2, -0.15) is 0 Å². The first-order valence-electron chi connectivity index (χ1n) is 8.64. The SMILES string of the molecule is CCCCCCCCC(CCCc1ccccc1)C(Cl)(Cl)Cl. The Labute approximate surface area is 151 Å². The van der Waals surface area contributed by atoms with Crippen molar-refractivity contribution in [1.29, 1.82) is 0 Å².